The topological polar surface area (TPSA) is 45.1 Å². The van der Waals surface area contributed by atoms with E-state index in [0.29, 0.717) is 13.0 Å². The van der Waals surface area contributed by atoms with E-state index >= 15 is 0 Å². The number of rotatable bonds is 4. The normalized spacial score (nSPS) is 10.5. The minimum Gasteiger partial charge on any atom is -0.550 e. The van der Waals surface area contributed by atoms with Crippen LogP contribution in [0.2, 0.25) is 0 Å². The molecule has 2 aromatic rings. The maximum atomic E-state index is 13.3. The molecule has 0 aliphatic rings. The summed E-state index contributed by atoms with van der Waals surface area (Å²) in [5, 5.41) is 11.3. The van der Waals surface area contributed by atoms with Crippen LogP contribution in [0.3, 0.4) is 0 Å². The Labute approximate surface area is 133 Å². The summed E-state index contributed by atoms with van der Waals surface area (Å²) in [4.78, 5) is 10.4. The van der Waals surface area contributed by atoms with E-state index in [1.807, 2.05) is 24.5 Å². The van der Waals surface area contributed by atoms with Gasteiger partial charge in [-0.3, -0.25) is 0 Å². The van der Waals surface area contributed by atoms with Crippen LogP contribution in [0.4, 0.5) is 4.39 Å². The van der Waals surface area contributed by atoms with Gasteiger partial charge in [0.25, 0.3) is 0 Å². The number of hydrogen-bond acceptors (Lipinski definition) is 2. The second-order valence-corrected chi connectivity index (χ2v) is 4.57. The van der Waals surface area contributed by atoms with Crippen LogP contribution in [-0.2, 0) is 11.3 Å². The van der Waals surface area contributed by atoms with E-state index in [1.165, 1.54) is 12.1 Å². The molecule has 0 amide bonds. The summed E-state index contributed by atoms with van der Waals surface area (Å²) in [6.45, 7) is 4.41. The van der Waals surface area contributed by atoms with Gasteiger partial charge in [-0.1, -0.05) is 0 Å². The molecule has 1 heterocycles. The molecule has 0 N–H and O–H groups in total. The molecular weight excluding hydrogens is 256 g/mol. The van der Waals surface area contributed by atoms with Gasteiger partial charge in [0.15, 0.2) is 0 Å². The molecule has 3 nitrogen and oxygen atoms in total. The smallest absolute Gasteiger partial charge is 0.550 e. The summed E-state index contributed by atoms with van der Waals surface area (Å²) < 4.78 is 15.3. The second kappa shape index (κ2) is 6.55. The fraction of sp³-hybridized carbons (Fsp3) is 0.357. The van der Waals surface area contributed by atoms with Crippen LogP contribution in [0, 0.1) is 19.7 Å². The largest absolute Gasteiger partial charge is 1.00 e. The monoisotopic (exact) mass is 271 g/mol. The zero-order valence-electron chi connectivity index (χ0n) is 11.5. The molecule has 1 aromatic carbocycles. The number of carbonyl (C=O) groups excluding carboxylic acids is 1. The zero-order valence-corrected chi connectivity index (χ0v) is 13.5. The summed E-state index contributed by atoms with van der Waals surface area (Å²) in [7, 11) is 0. The van der Waals surface area contributed by atoms with E-state index in [-0.39, 0.29) is 41.8 Å². The van der Waals surface area contributed by atoms with Crippen molar-refractivity contribution >= 4 is 16.9 Å². The van der Waals surface area contributed by atoms with Gasteiger partial charge in [0.05, 0.1) is 5.52 Å². The van der Waals surface area contributed by atoms with Gasteiger partial charge < -0.3 is 14.5 Å². The molecule has 0 spiro atoms. The summed E-state index contributed by atoms with van der Waals surface area (Å²) in [6.07, 6.45) is 0.559. The average molecular weight is 271 g/mol. The third-order valence-corrected chi connectivity index (χ3v) is 3.12. The van der Waals surface area contributed by atoms with E-state index in [0.717, 1.165) is 22.2 Å². The first-order valence-electron chi connectivity index (χ1n) is 5.95. The van der Waals surface area contributed by atoms with E-state index in [1.54, 1.807) is 0 Å². The Balaban J connectivity index is 0.00000180. The minimum absolute atomic E-state index is 0. The number of benzene rings is 1. The number of carboxylic acids is 1. The Hall–Kier alpha value is -0.840. The molecule has 0 bridgehead atoms. The Morgan fingerprint density at radius 3 is 2.63 bits per heavy atom. The molecule has 0 unspecified atom stereocenters. The van der Waals surface area contributed by atoms with Crippen LogP contribution in [0.15, 0.2) is 18.2 Å². The van der Waals surface area contributed by atoms with Crippen LogP contribution in [0.1, 0.15) is 24.1 Å². The van der Waals surface area contributed by atoms with Crippen molar-refractivity contribution in [3.63, 3.8) is 0 Å². The number of hydrogen-bond donors (Lipinski definition) is 0. The number of halogens is 1. The third-order valence-electron chi connectivity index (χ3n) is 3.12. The van der Waals surface area contributed by atoms with Gasteiger partial charge in [-0.15, -0.1) is 0 Å². The van der Waals surface area contributed by atoms with E-state index in [2.05, 4.69) is 0 Å². The van der Waals surface area contributed by atoms with Gasteiger partial charge in [0.1, 0.15) is 5.82 Å². The van der Waals surface area contributed by atoms with Crippen LogP contribution in [0.5, 0.6) is 0 Å². The van der Waals surface area contributed by atoms with Crippen molar-refractivity contribution in [1.29, 1.82) is 0 Å². The summed E-state index contributed by atoms with van der Waals surface area (Å²) in [5.74, 6) is -1.28. The fourth-order valence-corrected chi connectivity index (χ4v) is 2.39. The van der Waals surface area contributed by atoms with E-state index in [4.69, 9.17) is 0 Å². The first kappa shape index (κ1) is 16.2. The Morgan fingerprint density at radius 2 is 2.00 bits per heavy atom. The fourth-order valence-electron chi connectivity index (χ4n) is 2.39. The van der Waals surface area contributed by atoms with Crippen LogP contribution >= 0.6 is 0 Å². The molecule has 0 aliphatic heterocycles. The van der Waals surface area contributed by atoms with Crippen LogP contribution < -0.4 is 34.7 Å². The van der Waals surface area contributed by atoms with Crippen molar-refractivity contribution in [1.82, 2.24) is 4.57 Å². The predicted molar refractivity (Wildman–Crippen MR) is 65.6 cm³/mol. The van der Waals surface area contributed by atoms with Crippen molar-refractivity contribution in [2.24, 2.45) is 0 Å². The van der Waals surface area contributed by atoms with Crippen LogP contribution in [0.25, 0.3) is 10.9 Å². The maximum Gasteiger partial charge on any atom is 1.00 e. The van der Waals surface area contributed by atoms with E-state index < -0.39 is 5.97 Å². The van der Waals surface area contributed by atoms with E-state index in [9.17, 15) is 14.3 Å². The Morgan fingerprint density at radius 1 is 1.32 bits per heavy atom. The first-order valence-corrected chi connectivity index (χ1v) is 5.95. The number of fused-ring (bicyclic) bond motifs is 1. The molecule has 2 rings (SSSR count). The molecule has 0 saturated carbocycles. The van der Waals surface area contributed by atoms with Crippen molar-refractivity contribution in [3.05, 3.63) is 35.3 Å². The minimum atomic E-state index is -1.04. The molecule has 5 heteroatoms. The molecule has 96 valence electrons. The second-order valence-electron chi connectivity index (χ2n) is 4.57. The molecule has 19 heavy (non-hydrogen) atoms. The Bertz CT molecular complexity index is 607. The van der Waals surface area contributed by atoms with Crippen molar-refractivity contribution in [3.8, 4) is 0 Å². The molecule has 1 aromatic heterocycles. The number of carboxylic acid groups (broad SMARTS) is 1. The SMILES string of the molecule is Cc1cc(F)cc2cc(C)n(CCCC(=O)[O-])c12.[Na+]. The maximum absolute atomic E-state index is 13.3. The van der Waals surface area contributed by atoms with Crippen LogP contribution in [-0.4, -0.2) is 10.5 Å². The number of nitrogens with zero attached hydrogens (tertiary/aromatic N) is 1. The zero-order chi connectivity index (χ0) is 13.3. The number of aromatic nitrogens is 1. The van der Waals surface area contributed by atoms with Gasteiger partial charge in [0.2, 0.25) is 0 Å². The average Bonchev–Trinajstić information content (AvgIpc) is 2.54. The Kier molecular flexibility index (Phi) is 5.59. The van der Waals surface area contributed by atoms with Gasteiger partial charge in [-0.05, 0) is 50.5 Å². The number of aliphatic carboxylic acids is 1. The summed E-state index contributed by atoms with van der Waals surface area (Å²) in [5.41, 5.74) is 2.86. The quantitative estimate of drug-likeness (QED) is 0.665. The van der Waals surface area contributed by atoms with Gasteiger partial charge in [-0.25, -0.2) is 4.39 Å². The van der Waals surface area contributed by atoms with Crippen molar-refractivity contribution in [2.75, 3.05) is 0 Å². The predicted octanol–water partition coefficient (Wildman–Crippen LogP) is -1.07. The number of carbonyl (C=O) groups is 1. The number of aryl methyl sites for hydroxylation is 3. The molecule has 0 atom stereocenters. The molecule has 0 aliphatic carbocycles. The molecular formula is C14H15FNNaO2. The molecule has 0 radical (unpaired) electrons. The summed E-state index contributed by atoms with van der Waals surface area (Å²) in [6, 6.07) is 4.92. The molecule has 0 saturated heterocycles. The summed E-state index contributed by atoms with van der Waals surface area (Å²) >= 11 is 0. The van der Waals surface area contributed by atoms with Gasteiger partial charge in [-0.2, -0.15) is 0 Å². The van der Waals surface area contributed by atoms with Gasteiger partial charge in [0, 0.05) is 23.6 Å². The van der Waals surface area contributed by atoms with Crippen molar-refractivity contribution in [2.45, 2.75) is 33.2 Å². The standard InChI is InChI=1S/C14H16FNO2.Na/c1-9-6-12(15)8-11-7-10(2)16(14(9)11)5-3-4-13(17)18;/h6-8H,3-5H2,1-2H3,(H,17,18);/q;+1/p-1. The van der Waals surface area contributed by atoms with Gasteiger partial charge >= 0.3 is 29.6 Å². The van der Waals surface area contributed by atoms with Crippen molar-refractivity contribution < 1.29 is 43.8 Å². The molecule has 0 fully saturated rings. The third kappa shape index (κ3) is 3.59. The first-order chi connectivity index (χ1) is 8.49.